The molecule has 0 spiro atoms. The lowest BCUT2D eigenvalue weighted by molar-refractivity contribution is 0.157. The molecule has 0 aliphatic heterocycles. The van der Waals surface area contributed by atoms with Crippen LogP contribution in [0.3, 0.4) is 0 Å². The highest BCUT2D eigenvalue weighted by Crippen LogP contribution is 1.99. The number of nitrogens with one attached hydrogen (secondary N) is 1. The summed E-state index contributed by atoms with van der Waals surface area (Å²) in [6, 6.07) is 1.47. The molecule has 0 aromatic carbocycles. The maximum absolute atomic E-state index is 12.8. The van der Waals surface area contributed by atoms with Crippen LogP contribution in [0.1, 0.15) is 12.5 Å². The lowest BCUT2D eigenvalue weighted by Gasteiger charge is -2.05. The molecule has 3 nitrogen and oxygen atoms in total. The van der Waals surface area contributed by atoms with Crippen LogP contribution < -0.4 is 5.32 Å². The lowest BCUT2D eigenvalue weighted by atomic mass is 10.3. The molecule has 0 fully saturated rings. The highest BCUT2D eigenvalue weighted by molar-refractivity contribution is 5.09. The molecule has 16 heavy (non-hydrogen) atoms. The van der Waals surface area contributed by atoms with Crippen LogP contribution in [0.5, 0.6) is 0 Å². The Kier molecular flexibility index (Phi) is 5.67. The Morgan fingerprint density at radius 3 is 3.06 bits per heavy atom. The van der Waals surface area contributed by atoms with E-state index in [4.69, 9.17) is 4.74 Å². The topological polar surface area (TPSA) is 34.1 Å². The number of pyridine rings is 1. The van der Waals surface area contributed by atoms with Gasteiger partial charge in [-0.1, -0.05) is 12.2 Å². The van der Waals surface area contributed by atoms with E-state index in [1.54, 1.807) is 6.20 Å². The van der Waals surface area contributed by atoms with E-state index in [0.717, 1.165) is 17.7 Å². The maximum atomic E-state index is 12.8. The minimum atomic E-state index is -0.308. The van der Waals surface area contributed by atoms with E-state index in [-0.39, 0.29) is 5.82 Å². The molecule has 1 heterocycles. The van der Waals surface area contributed by atoms with Crippen LogP contribution in [-0.4, -0.2) is 24.7 Å². The number of ether oxygens (including phenoxy) is 1. The molecular formula is C12H17FN2O. The Bertz CT molecular complexity index is 342. The van der Waals surface area contributed by atoms with E-state index < -0.39 is 0 Å². The average Bonchev–Trinajstić information content (AvgIpc) is 2.23. The second kappa shape index (κ2) is 7.09. The summed E-state index contributed by atoms with van der Waals surface area (Å²) in [5.74, 6) is -0.308. The summed E-state index contributed by atoms with van der Waals surface area (Å²) >= 11 is 0. The summed E-state index contributed by atoms with van der Waals surface area (Å²) in [5, 5.41) is 3.14. The molecule has 0 unspecified atom stereocenters. The molecule has 1 N–H and O–H groups in total. The first-order valence-electron chi connectivity index (χ1n) is 5.21. The van der Waals surface area contributed by atoms with E-state index in [1.807, 2.05) is 6.92 Å². The summed E-state index contributed by atoms with van der Waals surface area (Å²) in [4.78, 5) is 3.76. The molecule has 1 aromatic rings. The fraction of sp³-hybridized carbons (Fsp3) is 0.417. The lowest BCUT2D eigenvalue weighted by Crippen LogP contribution is -2.19. The zero-order valence-corrected chi connectivity index (χ0v) is 9.50. The molecule has 4 heteroatoms. The molecule has 1 aromatic heterocycles. The number of hydrogen-bond acceptors (Lipinski definition) is 3. The summed E-state index contributed by atoms with van der Waals surface area (Å²) in [6.07, 6.45) is 2.84. The fourth-order valence-electron chi connectivity index (χ4n) is 1.18. The van der Waals surface area contributed by atoms with Crippen molar-refractivity contribution in [1.82, 2.24) is 10.3 Å². The predicted octanol–water partition coefficient (Wildman–Crippen LogP) is 1.90. The molecule has 88 valence electrons. The van der Waals surface area contributed by atoms with Crippen LogP contribution in [0, 0.1) is 5.82 Å². The Hall–Kier alpha value is -1.26. The third-order valence-electron chi connectivity index (χ3n) is 1.86. The third-order valence-corrected chi connectivity index (χ3v) is 1.86. The van der Waals surface area contributed by atoms with Gasteiger partial charge in [0.25, 0.3) is 0 Å². The van der Waals surface area contributed by atoms with Crippen molar-refractivity contribution in [3.63, 3.8) is 0 Å². The van der Waals surface area contributed by atoms with Gasteiger partial charge in [0, 0.05) is 19.3 Å². The van der Waals surface area contributed by atoms with Gasteiger partial charge in [0.05, 0.1) is 19.4 Å². The highest BCUT2D eigenvalue weighted by Gasteiger charge is 1.95. The monoisotopic (exact) mass is 224 g/mol. The van der Waals surface area contributed by atoms with Gasteiger partial charge in [-0.3, -0.25) is 4.98 Å². The first-order chi connectivity index (χ1) is 7.68. The van der Waals surface area contributed by atoms with E-state index in [1.165, 1.54) is 12.3 Å². The zero-order chi connectivity index (χ0) is 11.8. The highest BCUT2D eigenvalue weighted by atomic mass is 19.1. The standard InChI is InChI=1S/C12H17FN2O/c1-10(2)9-16-4-3-14-6-11-5-12(13)8-15-7-11/h5,7-8,14H,1,3-4,6,9H2,2H3. The van der Waals surface area contributed by atoms with Gasteiger partial charge in [0.2, 0.25) is 0 Å². The van der Waals surface area contributed by atoms with Gasteiger partial charge in [-0.05, 0) is 18.6 Å². The summed E-state index contributed by atoms with van der Waals surface area (Å²) < 4.78 is 18.1. The van der Waals surface area contributed by atoms with Crippen LogP contribution >= 0.6 is 0 Å². The molecule has 1 rings (SSSR count). The number of hydrogen-bond donors (Lipinski definition) is 1. The smallest absolute Gasteiger partial charge is 0.141 e. The third kappa shape index (κ3) is 5.58. The van der Waals surface area contributed by atoms with E-state index >= 15 is 0 Å². The SMILES string of the molecule is C=C(C)COCCNCc1cncc(F)c1. The maximum Gasteiger partial charge on any atom is 0.141 e. The Morgan fingerprint density at radius 1 is 1.56 bits per heavy atom. The van der Waals surface area contributed by atoms with Crippen LogP contribution in [0.15, 0.2) is 30.6 Å². The Labute approximate surface area is 95.3 Å². The number of aromatic nitrogens is 1. The van der Waals surface area contributed by atoms with Gasteiger partial charge in [-0.2, -0.15) is 0 Å². The van der Waals surface area contributed by atoms with Gasteiger partial charge in [-0.25, -0.2) is 4.39 Å². The second-order valence-corrected chi connectivity index (χ2v) is 3.70. The second-order valence-electron chi connectivity index (χ2n) is 3.70. The number of nitrogens with zero attached hydrogens (tertiary/aromatic N) is 1. The van der Waals surface area contributed by atoms with Gasteiger partial charge >= 0.3 is 0 Å². The summed E-state index contributed by atoms with van der Waals surface area (Å²) in [6.45, 7) is 8.19. The first-order valence-corrected chi connectivity index (χ1v) is 5.21. The summed E-state index contributed by atoms with van der Waals surface area (Å²) in [7, 11) is 0. The van der Waals surface area contributed by atoms with Crippen molar-refractivity contribution in [1.29, 1.82) is 0 Å². The fourth-order valence-corrected chi connectivity index (χ4v) is 1.18. The number of halogens is 1. The van der Waals surface area contributed by atoms with Crippen LogP contribution in [0.4, 0.5) is 4.39 Å². The van der Waals surface area contributed by atoms with Gasteiger partial charge < -0.3 is 10.1 Å². The van der Waals surface area contributed by atoms with E-state index in [0.29, 0.717) is 19.8 Å². The van der Waals surface area contributed by atoms with Crippen LogP contribution in [0.2, 0.25) is 0 Å². The predicted molar refractivity (Wildman–Crippen MR) is 61.5 cm³/mol. The largest absolute Gasteiger partial charge is 0.376 e. The minimum Gasteiger partial charge on any atom is -0.376 e. The van der Waals surface area contributed by atoms with Crippen molar-refractivity contribution < 1.29 is 9.13 Å². The molecule has 0 amide bonds. The Balaban J connectivity index is 2.09. The normalized spacial score (nSPS) is 10.4. The molecule has 0 aliphatic rings. The van der Waals surface area contributed by atoms with Crippen molar-refractivity contribution in [3.05, 3.63) is 42.0 Å². The van der Waals surface area contributed by atoms with Crippen molar-refractivity contribution in [2.24, 2.45) is 0 Å². The molecular weight excluding hydrogens is 207 g/mol. The molecule has 0 saturated carbocycles. The molecule has 0 saturated heterocycles. The van der Waals surface area contributed by atoms with Crippen molar-refractivity contribution in [2.75, 3.05) is 19.8 Å². The minimum absolute atomic E-state index is 0.308. The van der Waals surface area contributed by atoms with E-state index in [2.05, 4.69) is 16.9 Å². The molecule has 0 aliphatic carbocycles. The van der Waals surface area contributed by atoms with Crippen LogP contribution in [-0.2, 0) is 11.3 Å². The van der Waals surface area contributed by atoms with Gasteiger partial charge in [0.15, 0.2) is 0 Å². The van der Waals surface area contributed by atoms with Gasteiger partial charge in [0.1, 0.15) is 5.82 Å². The zero-order valence-electron chi connectivity index (χ0n) is 9.50. The quantitative estimate of drug-likeness (QED) is 0.567. The Morgan fingerprint density at radius 2 is 2.38 bits per heavy atom. The molecule has 0 atom stereocenters. The van der Waals surface area contributed by atoms with E-state index in [9.17, 15) is 4.39 Å². The van der Waals surface area contributed by atoms with Crippen molar-refractivity contribution in [2.45, 2.75) is 13.5 Å². The first kappa shape index (κ1) is 12.8. The van der Waals surface area contributed by atoms with Crippen molar-refractivity contribution in [3.8, 4) is 0 Å². The average molecular weight is 224 g/mol. The van der Waals surface area contributed by atoms with Crippen LogP contribution in [0.25, 0.3) is 0 Å². The summed E-state index contributed by atoms with van der Waals surface area (Å²) in [5.41, 5.74) is 1.84. The van der Waals surface area contributed by atoms with Gasteiger partial charge in [-0.15, -0.1) is 0 Å². The number of rotatable bonds is 7. The molecule has 0 radical (unpaired) electrons. The van der Waals surface area contributed by atoms with Crippen molar-refractivity contribution >= 4 is 0 Å². The molecule has 0 bridgehead atoms.